The van der Waals surface area contributed by atoms with Gasteiger partial charge in [-0.1, -0.05) is 48.5 Å². The number of nitrogens with zero attached hydrogens (tertiary/aromatic N) is 3. The van der Waals surface area contributed by atoms with Crippen molar-refractivity contribution in [1.82, 2.24) is 36.1 Å². The zero-order valence-corrected chi connectivity index (χ0v) is 31.9. The molecular formula is C42H50N8O6. The Morgan fingerprint density at radius 3 is 2.34 bits per heavy atom. The molecule has 2 aliphatic rings. The number of aromatic nitrogens is 2. The minimum absolute atomic E-state index is 0.00731. The molecule has 1 aromatic heterocycles. The molecule has 0 bridgehead atoms. The second kappa shape index (κ2) is 18.9. The van der Waals surface area contributed by atoms with Crippen LogP contribution in [-0.4, -0.2) is 98.1 Å². The highest BCUT2D eigenvalue weighted by Gasteiger charge is 2.42. The third-order valence-corrected chi connectivity index (χ3v) is 10.3. The van der Waals surface area contributed by atoms with Gasteiger partial charge in [-0.2, -0.15) is 0 Å². The Bertz CT molecular complexity index is 2060. The number of aryl methyl sites for hydroxylation is 1. The van der Waals surface area contributed by atoms with Crippen molar-refractivity contribution in [3.05, 3.63) is 84.4 Å². The molecule has 1 aliphatic carbocycles. The number of alkyl carbamates (subject to hydrolysis) is 2. The fourth-order valence-corrected chi connectivity index (χ4v) is 7.06. The lowest BCUT2D eigenvalue weighted by molar-refractivity contribution is -0.134. The largest absolute Gasteiger partial charge is 0.453 e. The van der Waals surface area contributed by atoms with E-state index in [0.29, 0.717) is 19.6 Å². The molecule has 0 radical (unpaired) electrons. The summed E-state index contributed by atoms with van der Waals surface area (Å²) in [4.78, 5) is 62.3. The molecule has 1 saturated carbocycles. The quantitative estimate of drug-likeness (QED) is 0.0701. The first-order valence-corrected chi connectivity index (χ1v) is 19.1. The maximum absolute atomic E-state index is 13.5. The SMILES string of the molecule is C=N/C=C(\NCC1CCCN1C(=O)C(NC(=O)OC)C1CC1)c1ccc(-c2ccc3cc(-c4cnc(CCCCNC(=O)CNC(=O)OC)[nH]4)ccc3c2)cc1. The monoisotopic (exact) mass is 762 g/mol. The van der Waals surface area contributed by atoms with Crippen LogP contribution in [0.3, 0.4) is 0 Å². The summed E-state index contributed by atoms with van der Waals surface area (Å²) in [5.41, 5.74) is 5.95. The number of amides is 4. The summed E-state index contributed by atoms with van der Waals surface area (Å²) in [5, 5.41) is 13.7. The van der Waals surface area contributed by atoms with Gasteiger partial charge >= 0.3 is 12.2 Å². The Hall–Kier alpha value is -6.18. The van der Waals surface area contributed by atoms with Gasteiger partial charge in [0.2, 0.25) is 11.8 Å². The molecule has 2 unspecified atom stereocenters. The third-order valence-electron chi connectivity index (χ3n) is 10.3. The first-order valence-electron chi connectivity index (χ1n) is 19.1. The Kier molecular flexibility index (Phi) is 13.3. The molecule has 2 fully saturated rings. The van der Waals surface area contributed by atoms with Gasteiger partial charge in [-0.05, 0) is 90.8 Å². The van der Waals surface area contributed by atoms with Crippen LogP contribution in [-0.2, 0) is 25.5 Å². The number of methoxy groups -OCH3 is 2. The van der Waals surface area contributed by atoms with Crippen molar-refractivity contribution in [2.75, 3.05) is 40.4 Å². The summed E-state index contributed by atoms with van der Waals surface area (Å²) in [5.74, 6) is 0.745. The van der Waals surface area contributed by atoms with Gasteiger partial charge in [-0.3, -0.25) is 14.6 Å². The van der Waals surface area contributed by atoms with Crippen LogP contribution in [0.5, 0.6) is 0 Å². The van der Waals surface area contributed by atoms with Crippen molar-refractivity contribution in [2.45, 2.75) is 57.0 Å². The zero-order valence-electron chi connectivity index (χ0n) is 31.9. The number of carbonyl (C=O) groups excluding carboxylic acids is 4. The van der Waals surface area contributed by atoms with Crippen LogP contribution in [0.25, 0.3) is 38.9 Å². The minimum atomic E-state index is -0.636. The first kappa shape index (κ1) is 39.5. The molecule has 14 heteroatoms. The predicted octanol–water partition coefficient (Wildman–Crippen LogP) is 5.41. The van der Waals surface area contributed by atoms with Gasteiger partial charge in [-0.25, -0.2) is 14.6 Å². The molecule has 2 atom stereocenters. The lowest BCUT2D eigenvalue weighted by Gasteiger charge is -2.30. The maximum Gasteiger partial charge on any atom is 0.407 e. The molecule has 1 aliphatic heterocycles. The van der Waals surface area contributed by atoms with Crippen LogP contribution in [0.2, 0.25) is 0 Å². The van der Waals surface area contributed by atoms with E-state index >= 15 is 0 Å². The number of hydrogen-bond acceptors (Lipinski definition) is 9. The van der Waals surface area contributed by atoms with Gasteiger partial charge < -0.3 is 40.6 Å². The van der Waals surface area contributed by atoms with Crippen molar-refractivity contribution in [3.8, 4) is 22.4 Å². The lowest BCUT2D eigenvalue weighted by atomic mass is 9.98. The standard InChI is InChI=1S/C42H50N8O6/c1-43-24-35(45-23-34-7-6-20-50(34)40(52)39(29-13-14-29)49-42(54)56-3)28-11-9-27(10-12-28)30-15-16-32-22-33(18-17-31(32)21-30)36-25-46-37(48-36)8-4-5-19-44-38(51)26-47-41(53)55-2/h9-12,15-18,21-22,24-25,29,34,39,45H,1,4-8,13-14,19-20,23,26H2,2-3H3,(H,44,51)(H,46,48)(H,47,53)(H,49,54)/b35-24-. The maximum atomic E-state index is 13.5. The molecule has 294 valence electrons. The molecule has 4 amide bonds. The Labute approximate surface area is 326 Å². The number of hydrogen-bond donors (Lipinski definition) is 5. The summed E-state index contributed by atoms with van der Waals surface area (Å²) >= 11 is 0. The van der Waals surface area contributed by atoms with Crippen LogP contribution in [0.15, 0.2) is 78.1 Å². The minimum Gasteiger partial charge on any atom is -0.453 e. The molecule has 3 aromatic carbocycles. The number of H-pyrrole nitrogens is 1. The summed E-state index contributed by atoms with van der Waals surface area (Å²) < 4.78 is 9.24. The number of ether oxygens (including phenoxy) is 2. The highest BCUT2D eigenvalue weighted by molar-refractivity contribution is 5.91. The highest BCUT2D eigenvalue weighted by atomic mass is 16.5. The number of fused-ring (bicyclic) bond motifs is 1. The average Bonchev–Trinajstić information content (AvgIpc) is 3.76. The topological polar surface area (TPSA) is 179 Å². The van der Waals surface area contributed by atoms with E-state index in [4.69, 9.17) is 4.74 Å². The fourth-order valence-electron chi connectivity index (χ4n) is 7.06. The van der Waals surface area contributed by atoms with E-state index < -0.39 is 18.2 Å². The van der Waals surface area contributed by atoms with Gasteiger partial charge in [-0.15, -0.1) is 0 Å². The van der Waals surface area contributed by atoms with Gasteiger partial charge in [0.05, 0.1) is 38.4 Å². The Balaban J connectivity index is 1.02. The number of unbranched alkanes of at least 4 members (excludes halogenated alkanes) is 1. The van der Waals surface area contributed by atoms with Crippen molar-refractivity contribution in [1.29, 1.82) is 0 Å². The van der Waals surface area contributed by atoms with E-state index in [0.717, 1.165) is 95.2 Å². The second-order valence-corrected chi connectivity index (χ2v) is 14.1. The number of likely N-dealkylation sites (tertiary alicyclic amines) is 1. The van der Waals surface area contributed by atoms with Gasteiger partial charge in [0.1, 0.15) is 11.9 Å². The number of nitrogens with one attached hydrogen (secondary N) is 5. The smallest absolute Gasteiger partial charge is 0.407 e. The first-order chi connectivity index (χ1) is 27.3. The molecular weight excluding hydrogens is 713 g/mol. The van der Waals surface area contributed by atoms with Crippen LogP contribution in [0, 0.1) is 5.92 Å². The number of imidazole rings is 1. The van der Waals surface area contributed by atoms with Crippen molar-refractivity contribution >= 4 is 47.2 Å². The molecule has 56 heavy (non-hydrogen) atoms. The number of aliphatic imine (C=N–C) groups is 1. The van der Waals surface area contributed by atoms with Crippen molar-refractivity contribution < 1.29 is 28.7 Å². The van der Waals surface area contributed by atoms with E-state index in [9.17, 15) is 19.2 Å². The van der Waals surface area contributed by atoms with Crippen LogP contribution < -0.4 is 21.3 Å². The Morgan fingerprint density at radius 1 is 0.911 bits per heavy atom. The third kappa shape index (κ3) is 10.3. The van der Waals surface area contributed by atoms with E-state index in [1.165, 1.54) is 14.2 Å². The molecule has 1 saturated heterocycles. The van der Waals surface area contributed by atoms with Crippen LogP contribution in [0.4, 0.5) is 9.59 Å². The number of rotatable bonds is 17. The summed E-state index contributed by atoms with van der Waals surface area (Å²) in [6.45, 7) is 5.29. The van der Waals surface area contributed by atoms with E-state index in [2.05, 4.69) is 108 Å². The van der Waals surface area contributed by atoms with Crippen LogP contribution in [0.1, 0.15) is 49.9 Å². The molecule has 0 spiro atoms. The molecule has 2 heterocycles. The summed E-state index contributed by atoms with van der Waals surface area (Å²) in [7, 11) is 2.56. The van der Waals surface area contributed by atoms with Gasteiger partial charge in [0.15, 0.2) is 0 Å². The average molecular weight is 763 g/mol. The molecule has 4 aromatic rings. The van der Waals surface area contributed by atoms with E-state index in [-0.39, 0.29) is 30.3 Å². The number of benzene rings is 3. The lowest BCUT2D eigenvalue weighted by Crippen LogP contribution is -2.52. The zero-order chi connectivity index (χ0) is 39.4. The van der Waals surface area contributed by atoms with Crippen molar-refractivity contribution in [3.63, 3.8) is 0 Å². The number of aromatic amines is 1. The Morgan fingerprint density at radius 2 is 1.62 bits per heavy atom. The van der Waals surface area contributed by atoms with Gasteiger partial charge in [0.25, 0.3) is 0 Å². The van der Waals surface area contributed by atoms with E-state index in [1.807, 2.05) is 11.1 Å². The molecule has 6 rings (SSSR count). The van der Waals surface area contributed by atoms with Crippen molar-refractivity contribution in [2.24, 2.45) is 10.9 Å². The number of carbonyl (C=O) groups is 4. The highest BCUT2D eigenvalue weighted by Crippen LogP contribution is 2.35. The van der Waals surface area contributed by atoms with E-state index in [1.54, 1.807) is 6.20 Å². The molecule has 5 N–H and O–H groups in total. The summed E-state index contributed by atoms with van der Waals surface area (Å²) in [6, 6.07) is 20.6. The fraction of sp³-hybridized carbons (Fsp3) is 0.381. The summed E-state index contributed by atoms with van der Waals surface area (Å²) in [6.07, 6.45) is 8.36. The normalized spacial score (nSPS) is 15.9. The van der Waals surface area contributed by atoms with Crippen LogP contribution >= 0.6 is 0 Å². The van der Waals surface area contributed by atoms with Gasteiger partial charge in [0, 0.05) is 43.9 Å². The second-order valence-electron chi connectivity index (χ2n) is 14.1. The predicted molar refractivity (Wildman–Crippen MR) is 216 cm³/mol. The molecule has 14 nitrogen and oxygen atoms in total.